The molecule has 1 saturated carbocycles. The summed E-state index contributed by atoms with van der Waals surface area (Å²) in [5, 5.41) is 10.4. The Bertz CT molecular complexity index is 414. The summed E-state index contributed by atoms with van der Waals surface area (Å²) in [5.41, 5.74) is 1.03. The summed E-state index contributed by atoms with van der Waals surface area (Å²) >= 11 is 0. The van der Waals surface area contributed by atoms with Crippen molar-refractivity contribution in [3.63, 3.8) is 0 Å². The van der Waals surface area contributed by atoms with Crippen molar-refractivity contribution in [3.05, 3.63) is 29.8 Å². The molecule has 1 aliphatic rings. The van der Waals surface area contributed by atoms with Gasteiger partial charge < -0.3 is 14.6 Å². The smallest absolute Gasteiger partial charge is 0.125 e. The fourth-order valence-electron chi connectivity index (χ4n) is 2.74. The van der Waals surface area contributed by atoms with Crippen LogP contribution in [0.3, 0.4) is 0 Å². The first-order valence-corrected chi connectivity index (χ1v) is 6.95. The fourth-order valence-corrected chi connectivity index (χ4v) is 2.74. The van der Waals surface area contributed by atoms with Crippen LogP contribution in [-0.4, -0.2) is 24.4 Å². The van der Waals surface area contributed by atoms with E-state index in [0.29, 0.717) is 6.61 Å². The van der Waals surface area contributed by atoms with E-state index in [1.54, 1.807) is 7.11 Å². The maximum atomic E-state index is 10.4. The highest BCUT2D eigenvalue weighted by atomic mass is 16.5. The summed E-state index contributed by atoms with van der Waals surface area (Å²) in [7, 11) is 1.68. The van der Waals surface area contributed by atoms with Crippen LogP contribution in [0.5, 0.6) is 5.75 Å². The van der Waals surface area contributed by atoms with Crippen molar-refractivity contribution in [3.8, 4) is 5.75 Å². The van der Waals surface area contributed by atoms with Crippen molar-refractivity contribution in [2.75, 3.05) is 7.11 Å². The molecule has 19 heavy (non-hydrogen) atoms. The number of aliphatic hydroxyl groups excluding tert-OH is 1. The summed E-state index contributed by atoms with van der Waals surface area (Å²) in [4.78, 5) is 0. The fraction of sp³-hybridized carbons (Fsp3) is 0.625. The second-order valence-corrected chi connectivity index (χ2v) is 6.06. The number of methoxy groups -OCH3 is 1. The molecule has 1 aromatic carbocycles. The van der Waals surface area contributed by atoms with Crippen molar-refractivity contribution < 1.29 is 14.6 Å². The van der Waals surface area contributed by atoms with Crippen LogP contribution < -0.4 is 4.74 Å². The normalized spacial score (nSPS) is 26.1. The lowest BCUT2D eigenvalue weighted by Crippen LogP contribution is -2.46. The van der Waals surface area contributed by atoms with Gasteiger partial charge in [-0.3, -0.25) is 0 Å². The zero-order chi connectivity index (χ0) is 13.9. The van der Waals surface area contributed by atoms with Crippen molar-refractivity contribution in [2.24, 2.45) is 5.41 Å². The average Bonchev–Trinajstić information content (AvgIpc) is 2.36. The van der Waals surface area contributed by atoms with Crippen LogP contribution in [0.1, 0.15) is 38.7 Å². The van der Waals surface area contributed by atoms with Gasteiger partial charge >= 0.3 is 0 Å². The molecule has 3 nitrogen and oxygen atoms in total. The monoisotopic (exact) mass is 264 g/mol. The van der Waals surface area contributed by atoms with E-state index < -0.39 is 6.10 Å². The Labute approximate surface area is 115 Å². The summed E-state index contributed by atoms with van der Waals surface area (Å²) < 4.78 is 11.1. The van der Waals surface area contributed by atoms with Gasteiger partial charge in [0.05, 0.1) is 12.7 Å². The van der Waals surface area contributed by atoms with Gasteiger partial charge in [-0.15, -0.1) is 0 Å². The SMILES string of the molecule is COCc1cccc(OC2CCCC(C)(C)C2O)c1. The maximum Gasteiger partial charge on any atom is 0.125 e. The van der Waals surface area contributed by atoms with E-state index in [1.807, 2.05) is 24.3 Å². The molecular formula is C16H24O3. The highest BCUT2D eigenvalue weighted by Gasteiger charge is 2.39. The van der Waals surface area contributed by atoms with Crippen LogP contribution in [0.25, 0.3) is 0 Å². The molecule has 106 valence electrons. The first-order valence-electron chi connectivity index (χ1n) is 6.95. The molecule has 2 unspecified atom stereocenters. The quantitative estimate of drug-likeness (QED) is 0.908. The largest absolute Gasteiger partial charge is 0.488 e. The number of hydrogen-bond donors (Lipinski definition) is 1. The minimum Gasteiger partial charge on any atom is -0.488 e. The maximum absolute atomic E-state index is 10.4. The molecular weight excluding hydrogens is 240 g/mol. The number of aliphatic hydroxyl groups is 1. The van der Waals surface area contributed by atoms with Gasteiger partial charge in [0, 0.05) is 7.11 Å². The van der Waals surface area contributed by atoms with E-state index in [4.69, 9.17) is 9.47 Å². The molecule has 2 atom stereocenters. The van der Waals surface area contributed by atoms with E-state index in [0.717, 1.165) is 30.6 Å². The van der Waals surface area contributed by atoms with Gasteiger partial charge in [0.15, 0.2) is 0 Å². The lowest BCUT2D eigenvalue weighted by atomic mass is 9.73. The Hall–Kier alpha value is -1.06. The molecule has 0 aromatic heterocycles. The molecule has 0 bridgehead atoms. The Morgan fingerprint density at radius 3 is 2.89 bits per heavy atom. The molecule has 1 N–H and O–H groups in total. The van der Waals surface area contributed by atoms with Crippen LogP contribution in [-0.2, 0) is 11.3 Å². The lowest BCUT2D eigenvalue weighted by Gasteiger charge is -2.40. The third-order valence-electron chi connectivity index (χ3n) is 3.96. The van der Waals surface area contributed by atoms with E-state index in [-0.39, 0.29) is 11.5 Å². The summed E-state index contributed by atoms with van der Waals surface area (Å²) in [6.45, 7) is 4.79. The molecule has 2 rings (SSSR count). The highest BCUT2D eigenvalue weighted by molar-refractivity contribution is 5.28. The van der Waals surface area contributed by atoms with Crippen LogP contribution in [0.2, 0.25) is 0 Å². The third kappa shape index (κ3) is 3.48. The molecule has 0 amide bonds. The zero-order valence-electron chi connectivity index (χ0n) is 12.1. The molecule has 0 saturated heterocycles. The predicted molar refractivity (Wildman–Crippen MR) is 75.2 cm³/mol. The third-order valence-corrected chi connectivity index (χ3v) is 3.96. The van der Waals surface area contributed by atoms with Crippen LogP contribution in [0, 0.1) is 5.41 Å². The van der Waals surface area contributed by atoms with Crippen LogP contribution >= 0.6 is 0 Å². The van der Waals surface area contributed by atoms with E-state index in [1.165, 1.54) is 0 Å². The van der Waals surface area contributed by atoms with Crippen molar-refractivity contribution >= 4 is 0 Å². The second-order valence-electron chi connectivity index (χ2n) is 6.06. The minimum absolute atomic E-state index is 0.0624. The van der Waals surface area contributed by atoms with E-state index in [2.05, 4.69) is 13.8 Å². The number of ether oxygens (including phenoxy) is 2. The van der Waals surface area contributed by atoms with Gasteiger partial charge in [-0.1, -0.05) is 26.0 Å². The molecule has 0 heterocycles. The summed E-state index contributed by atoms with van der Waals surface area (Å²) in [6, 6.07) is 7.90. The lowest BCUT2D eigenvalue weighted by molar-refractivity contribution is -0.0690. The number of benzene rings is 1. The standard InChI is InChI=1S/C16H24O3/c1-16(2)9-5-8-14(15(16)17)19-13-7-4-6-12(10-13)11-18-3/h4,6-7,10,14-15,17H,5,8-9,11H2,1-3H3. The van der Waals surface area contributed by atoms with Crippen molar-refractivity contribution in [1.29, 1.82) is 0 Å². The van der Waals surface area contributed by atoms with Gasteiger partial charge in [0.25, 0.3) is 0 Å². The first kappa shape index (κ1) is 14.4. The Morgan fingerprint density at radius 2 is 2.16 bits per heavy atom. The topological polar surface area (TPSA) is 38.7 Å². The predicted octanol–water partition coefficient (Wildman–Crippen LogP) is 3.15. The molecule has 1 fully saturated rings. The van der Waals surface area contributed by atoms with Crippen LogP contribution in [0.4, 0.5) is 0 Å². The Kier molecular flexibility index (Phi) is 4.48. The van der Waals surface area contributed by atoms with Crippen LogP contribution in [0.15, 0.2) is 24.3 Å². The molecule has 1 aromatic rings. The van der Waals surface area contributed by atoms with Gasteiger partial charge in [0.1, 0.15) is 11.9 Å². The Balaban J connectivity index is 2.06. The van der Waals surface area contributed by atoms with E-state index in [9.17, 15) is 5.11 Å². The summed E-state index contributed by atoms with van der Waals surface area (Å²) in [6.07, 6.45) is 2.55. The van der Waals surface area contributed by atoms with Gasteiger partial charge in [0.2, 0.25) is 0 Å². The van der Waals surface area contributed by atoms with Crippen molar-refractivity contribution in [2.45, 2.75) is 51.9 Å². The molecule has 3 heteroatoms. The minimum atomic E-state index is -0.410. The van der Waals surface area contributed by atoms with Gasteiger partial charge in [-0.2, -0.15) is 0 Å². The molecule has 1 aliphatic carbocycles. The summed E-state index contributed by atoms with van der Waals surface area (Å²) in [5.74, 6) is 0.816. The molecule has 0 spiro atoms. The van der Waals surface area contributed by atoms with Crippen molar-refractivity contribution in [1.82, 2.24) is 0 Å². The van der Waals surface area contributed by atoms with Gasteiger partial charge in [-0.25, -0.2) is 0 Å². The highest BCUT2D eigenvalue weighted by Crippen LogP contribution is 2.37. The molecule has 0 aliphatic heterocycles. The zero-order valence-corrected chi connectivity index (χ0v) is 12.1. The average molecular weight is 264 g/mol. The van der Waals surface area contributed by atoms with Gasteiger partial charge in [-0.05, 0) is 42.4 Å². The Morgan fingerprint density at radius 1 is 1.37 bits per heavy atom. The second kappa shape index (κ2) is 5.93. The first-order chi connectivity index (χ1) is 9.03. The van der Waals surface area contributed by atoms with E-state index >= 15 is 0 Å². The number of rotatable bonds is 4. The number of hydrogen-bond acceptors (Lipinski definition) is 3. The molecule has 0 radical (unpaired) electrons.